The summed E-state index contributed by atoms with van der Waals surface area (Å²) in [6, 6.07) is 7.88. The number of aryl methyl sites for hydroxylation is 1. The van der Waals surface area contributed by atoms with Crippen LogP contribution in [-0.2, 0) is 9.59 Å². The summed E-state index contributed by atoms with van der Waals surface area (Å²) in [5.74, 6) is 0. The molecule has 1 aromatic carbocycles. The fourth-order valence-electron chi connectivity index (χ4n) is 1.51. The van der Waals surface area contributed by atoms with Crippen molar-refractivity contribution in [3.8, 4) is 0 Å². The molecule has 0 fully saturated rings. The minimum Gasteiger partial charge on any atom is -0.288 e. The Hall–Kier alpha value is -1.38. The molecular weight excluding hydrogens is 234 g/mol. The normalized spacial score (nSPS) is 11.6. The average molecular weight is 248 g/mol. The van der Waals surface area contributed by atoms with Crippen molar-refractivity contribution in [3.05, 3.63) is 41.8 Å². The molecule has 1 aromatic rings. The lowest BCUT2D eigenvalue weighted by molar-refractivity contribution is -0.109. The van der Waals surface area contributed by atoms with Gasteiger partial charge in [-0.2, -0.15) is 0 Å². The van der Waals surface area contributed by atoms with Gasteiger partial charge in [-0.1, -0.05) is 36.0 Å². The Kier molecular flexibility index (Phi) is 5.67. The molecule has 4 heteroatoms. The van der Waals surface area contributed by atoms with Gasteiger partial charge in [-0.3, -0.25) is 4.79 Å². The molecule has 89 valence electrons. The molecular formula is C13H14NO2S. The first-order valence-corrected chi connectivity index (χ1v) is 6.13. The number of hydrogen-bond donors (Lipinski definition) is 0. The smallest absolute Gasteiger partial charge is 0.234 e. The van der Waals surface area contributed by atoms with Gasteiger partial charge in [0.15, 0.2) is 5.12 Å². The zero-order valence-electron chi connectivity index (χ0n) is 9.84. The van der Waals surface area contributed by atoms with Crippen molar-refractivity contribution < 1.29 is 9.59 Å². The van der Waals surface area contributed by atoms with E-state index < -0.39 is 0 Å². The van der Waals surface area contributed by atoms with Crippen LogP contribution in [0.5, 0.6) is 0 Å². The minimum atomic E-state index is -0.0641. The lowest BCUT2D eigenvalue weighted by Gasteiger charge is -2.15. The number of aliphatic imine (C=N–C) groups is 1. The summed E-state index contributed by atoms with van der Waals surface area (Å²) in [6.07, 6.45) is 3.34. The highest BCUT2D eigenvalue weighted by atomic mass is 32.2. The van der Waals surface area contributed by atoms with Crippen LogP contribution in [-0.4, -0.2) is 17.7 Å². The summed E-state index contributed by atoms with van der Waals surface area (Å²) < 4.78 is 0. The molecule has 1 unspecified atom stereocenters. The van der Waals surface area contributed by atoms with Crippen LogP contribution in [0.2, 0.25) is 0 Å². The van der Waals surface area contributed by atoms with E-state index in [0.717, 1.165) is 11.1 Å². The van der Waals surface area contributed by atoms with E-state index in [1.54, 1.807) is 0 Å². The van der Waals surface area contributed by atoms with Crippen molar-refractivity contribution in [3.63, 3.8) is 0 Å². The summed E-state index contributed by atoms with van der Waals surface area (Å²) >= 11 is 1.23. The summed E-state index contributed by atoms with van der Waals surface area (Å²) in [7, 11) is 0. The van der Waals surface area contributed by atoms with Crippen LogP contribution >= 0.6 is 11.8 Å². The largest absolute Gasteiger partial charge is 0.288 e. The SMILES string of the molecule is CC(=O)SC([CH]CN=C=O)c1ccccc1C. The van der Waals surface area contributed by atoms with E-state index in [1.165, 1.54) is 24.8 Å². The molecule has 0 N–H and O–H groups in total. The topological polar surface area (TPSA) is 46.5 Å². The van der Waals surface area contributed by atoms with Gasteiger partial charge in [-0.15, -0.1) is 0 Å². The zero-order chi connectivity index (χ0) is 12.7. The van der Waals surface area contributed by atoms with Gasteiger partial charge in [0.2, 0.25) is 6.08 Å². The number of benzene rings is 1. The second-order valence-corrected chi connectivity index (χ2v) is 4.87. The maximum atomic E-state index is 11.2. The highest BCUT2D eigenvalue weighted by molar-refractivity contribution is 8.13. The molecule has 0 amide bonds. The quantitative estimate of drug-likeness (QED) is 0.594. The molecule has 1 atom stereocenters. The van der Waals surface area contributed by atoms with E-state index in [2.05, 4.69) is 4.99 Å². The van der Waals surface area contributed by atoms with Gasteiger partial charge in [0.25, 0.3) is 0 Å². The Labute approximate surface area is 105 Å². The van der Waals surface area contributed by atoms with E-state index in [9.17, 15) is 9.59 Å². The Bertz CT molecular complexity index is 439. The molecule has 17 heavy (non-hydrogen) atoms. The minimum absolute atomic E-state index is 0.0459. The fraction of sp³-hybridized carbons (Fsp3) is 0.308. The third-order valence-corrected chi connectivity index (χ3v) is 3.30. The third-order valence-electron chi connectivity index (χ3n) is 2.26. The maximum absolute atomic E-state index is 11.2. The van der Waals surface area contributed by atoms with Gasteiger partial charge in [-0.05, 0) is 18.1 Å². The molecule has 1 radical (unpaired) electrons. The van der Waals surface area contributed by atoms with E-state index in [1.807, 2.05) is 37.6 Å². The van der Waals surface area contributed by atoms with Crippen molar-refractivity contribution in [1.82, 2.24) is 0 Å². The molecule has 1 rings (SSSR count). The summed E-state index contributed by atoms with van der Waals surface area (Å²) in [4.78, 5) is 24.7. The van der Waals surface area contributed by atoms with Gasteiger partial charge in [0.1, 0.15) is 0 Å². The number of isocyanates is 1. The van der Waals surface area contributed by atoms with Gasteiger partial charge < -0.3 is 0 Å². The highest BCUT2D eigenvalue weighted by Crippen LogP contribution is 2.33. The lowest BCUT2D eigenvalue weighted by Crippen LogP contribution is -2.02. The molecule has 0 spiro atoms. The second kappa shape index (κ2) is 7.05. The zero-order valence-corrected chi connectivity index (χ0v) is 10.7. The van der Waals surface area contributed by atoms with Crippen molar-refractivity contribution in [1.29, 1.82) is 0 Å². The summed E-state index contributed by atoms with van der Waals surface area (Å²) in [6.45, 7) is 3.81. The predicted octanol–water partition coefficient (Wildman–Crippen LogP) is 2.86. The van der Waals surface area contributed by atoms with Crippen LogP contribution in [0.3, 0.4) is 0 Å². The Morgan fingerprint density at radius 1 is 1.53 bits per heavy atom. The molecule has 0 aliphatic carbocycles. The van der Waals surface area contributed by atoms with Crippen LogP contribution in [0.25, 0.3) is 0 Å². The first-order valence-electron chi connectivity index (χ1n) is 5.25. The second-order valence-electron chi connectivity index (χ2n) is 3.55. The summed E-state index contributed by atoms with van der Waals surface area (Å²) in [5, 5.41) is -0.0182. The van der Waals surface area contributed by atoms with E-state index in [4.69, 9.17) is 0 Å². The molecule has 0 saturated heterocycles. The van der Waals surface area contributed by atoms with E-state index in [0.29, 0.717) is 0 Å². The number of thioether (sulfide) groups is 1. The predicted molar refractivity (Wildman–Crippen MR) is 69.5 cm³/mol. The number of rotatable bonds is 5. The first kappa shape index (κ1) is 13.7. The Morgan fingerprint density at radius 3 is 2.82 bits per heavy atom. The highest BCUT2D eigenvalue weighted by Gasteiger charge is 2.16. The van der Waals surface area contributed by atoms with Crippen molar-refractivity contribution in [2.75, 3.05) is 6.54 Å². The molecule has 0 aromatic heterocycles. The number of hydrogen-bond acceptors (Lipinski definition) is 4. The number of carbonyl (C=O) groups excluding carboxylic acids is 2. The molecule has 3 nitrogen and oxygen atoms in total. The monoisotopic (exact) mass is 248 g/mol. The summed E-state index contributed by atoms with van der Waals surface area (Å²) in [5.41, 5.74) is 2.20. The van der Waals surface area contributed by atoms with Crippen molar-refractivity contribution in [2.24, 2.45) is 4.99 Å². The lowest BCUT2D eigenvalue weighted by atomic mass is 10.0. The van der Waals surface area contributed by atoms with Crippen LogP contribution < -0.4 is 0 Å². The molecule has 0 aliphatic heterocycles. The fourth-order valence-corrected chi connectivity index (χ4v) is 2.44. The van der Waals surface area contributed by atoms with Crippen molar-refractivity contribution in [2.45, 2.75) is 19.1 Å². The third kappa shape index (κ3) is 4.55. The number of carbonyl (C=O) groups is 1. The molecule has 0 saturated carbocycles. The van der Waals surface area contributed by atoms with Gasteiger partial charge in [0, 0.05) is 18.6 Å². The van der Waals surface area contributed by atoms with Gasteiger partial charge >= 0.3 is 0 Å². The van der Waals surface area contributed by atoms with Crippen LogP contribution in [0.1, 0.15) is 23.3 Å². The number of nitrogens with zero attached hydrogens (tertiary/aromatic N) is 1. The van der Waals surface area contributed by atoms with Crippen LogP contribution in [0.4, 0.5) is 0 Å². The van der Waals surface area contributed by atoms with Gasteiger partial charge in [-0.25, -0.2) is 9.79 Å². The Balaban J connectivity index is 2.85. The average Bonchev–Trinajstić information content (AvgIpc) is 2.28. The van der Waals surface area contributed by atoms with Crippen LogP contribution in [0, 0.1) is 13.3 Å². The standard InChI is InChI=1S/C13H14NO2S/c1-10-5-3-4-6-12(10)13(17-11(2)16)7-8-14-9-15/h3-7,13H,8H2,1-2H3. The van der Waals surface area contributed by atoms with Gasteiger partial charge in [0.05, 0.1) is 6.54 Å². The Morgan fingerprint density at radius 2 is 2.24 bits per heavy atom. The molecule has 0 bridgehead atoms. The van der Waals surface area contributed by atoms with E-state index in [-0.39, 0.29) is 16.9 Å². The van der Waals surface area contributed by atoms with Crippen LogP contribution in [0.15, 0.2) is 29.3 Å². The molecule has 0 heterocycles. The molecule has 0 aliphatic rings. The van der Waals surface area contributed by atoms with Crippen molar-refractivity contribution >= 4 is 23.0 Å². The maximum Gasteiger partial charge on any atom is 0.234 e. The van der Waals surface area contributed by atoms with E-state index >= 15 is 0 Å². The first-order chi connectivity index (χ1) is 8.15.